The first-order valence-corrected chi connectivity index (χ1v) is 4.31. The van der Waals surface area contributed by atoms with Crippen LogP contribution in [-0.4, -0.2) is 36.6 Å². The molecule has 4 nitrogen and oxygen atoms in total. The van der Waals surface area contributed by atoms with Crippen molar-refractivity contribution in [3.05, 3.63) is 12.7 Å². The van der Waals surface area contributed by atoms with Crippen molar-refractivity contribution in [2.24, 2.45) is 5.41 Å². The van der Waals surface area contributed by atoms with Crippen LogP contribution in [0.25, 0.3) is 0 Å². The molecule has 0 aromatic carbocycles. The molecule has 0 aromatic rings. The first-order valence-electron chi connectivity index (χ1n) is 4.31. The van der Waals surface area contributed by atoms with Gasteiger partial charge in [0.1, 0.15) is 6.61 Å². The van der Waals surface area contributed by atoms with Crippen LogP contribution < -0.4 is 0 Å². The van der Waals surface area contributed by atoms with Crippen molar-refractivity contribution in [2.45, 2.75) is 13.3 Å². The lowest BCUT2D eigenvalue weighted by Gasteiger charge is -2.26. The molecule has 0 aliphatic heterocycles. The molecule has 0 aromatic heterocycles. The van der Waals surface area contributed by atoms with Crippen LogP contribution >= 0.6 is 0 Å². The van der Waals surface area contributed by atoms with Crippen molar-refractivity contribution >= 4 is 0 Å². The third-order valence-electron chi connectivity index (χ3n) is 2.06. The van der Waals surface area contributed by atoms with E-state index in [2.05, 4.69) is 6.58 Å². The van der Waals surface area contributed by atoms with Crippen molar-refractivity contribution < 1.29 is 20.0 Å². The minimum Gasteiger partial charge on any atom is -0.396 e. The fourth-order valence-corrected chi connectivity index (χ4v) is 0.730. The molecule has 0 spiro atoms. The van der Waals surface area contributed by atoms with Crippen LogP contribution in [0.5, 0.6) is 0 Å². The van der Waals surface area contributed by atoms with E-state index in [0.717, 1.165) is 0 Å². The van der Waals surface area contributed by atoms with E-state index in [1.807, 2.05) is 6.92 Å². The van der Waals surface area contributed by atoms with Gasteiger partial charge in [-0.3, -0.25) is 0 Å². The molecule has 13 heavy (non-hydrogen) atoms. The Kier molecular flexibility index (Phi) is 6.80. The van der Waals surface area contributed by atoms with Crippen LogP contribution in [0.1, 0.15) is 13.3 Å². The molecule has 0 heterocycles. The van der Waals surface area contributed by atoms with Crippen molar-refractivity contribution in [3.8, 4) is 0 Å². The third-order valence-corrected chi connectivity index (χ3v) is 2.06. The molecule has 4 heteroatoms. The maximum atomic E-state index is 9.02. The van der Waals surface area contributed by atoms with Gasteiger partial charge in [0.05, 0.1) is 19.8 Å². The van der Waals surface area contributed by atoms with Gasteiger partial charge in [-0.2, -0.15) is 0 Å². The summed E-state index contributed by atoms with van der Waals surface area (Å²) in [5, 5.41) is 18.0. The molecule has 0 amide bonds. The van der Waals surface area contributed by atoms with Crippen LogP contribution in [0.15, 0.2) is 12.7 Å². The van der Waals surface area contributed by atoms with Gasteiger partial charge < -0.3 is 10.2 Å². The molecule has 0 rings (SSSR count). The van der Waals surface area contributed by atoms with E-state index in [4.69, 9.17) is 20.0 Å². The highest BCUT2D eigenvalue weighted by molar-refractivity contribution is 4.75. The summed E-state index contributed by atoms with van der Waals surface area (Å²) in [5.41, 5.74) is -0.596. The lowest BCUT2D eigenvalue weighted by atomic mass is 9.88. The van der Waals surface area contributed by atoms with E-state index >= 15 is 0 Å². The molecule has 0 atom stereocenters. The Morgan fingerprint density at radius 1 is 1.31 bits per heavy atom. The number of rotatable bonds is 8. The van der Waals surface area contributed by atoms with Gasteiger partial charge in [-0.15, -0.1) is 6.58 Å². The first-order chi connectivity index (χ1) is 6.24. The van der Waals surface area contributed by atoms with Crippen LogP contribution in [0.4, 0.5) is 0 Å². The predicted molar refractivity (Wildman–Crippen MR) is 49.0 cm³/mol. The fraction of sp³-hybridized carbons (Fsp3) is 0.778. The molecule has 78 valence electrons. The van der Waals surface area contributed by atoms with Crippen LogP contribution in [0.3, 0.4) is 0 Å². The number of hydrogen-bond donors (Lipinski definition) is 2. The van der Waals surface area contributed by atoms with Crippen molar-refractivity contribution in [1.29, 1.82) is 0 Å². The van der Waals surface area contributed by atoms with Gasteiger partial charge in [0.25, 0.3) is 0 Å². The fourth-order valence-electron chi connectivity index (χ4n) is 0.730. The molecule has 0 aliphatic carbocycles. The topological polar surface area (TPSA) is 58.9 Å². The minimum absolute atomic E-state index is 0.114. The Balaban J connectivity index is 3.74. The van der Waals surface area contributed by atoms with E-state index in [9.17, 15) is 0 Å². The lowest BCUT2D eigenvalue weighted by Crippen LogP contribution is -2.34. The average molecular weight is 190 g/mol. The Labute approximate surface area is 78.7 Å². The van der Waals surface area contributed by atoms with E-state index in [0.29, 0.717) is 13.0 Å². The maximum absolute atomic E-state index is 9.02. The van der Waals surface area contributed by atoms with Gasteiger partial charge >= 0.3 is 0 Å². The lowest BCUT2D eigenvalue weighted by molar-refractivity contribution is -0.307. The highest BCUT2D eigenvalue weighted by Gasteiger charge is 2.27. The summed E-state index contributed by atoms with van der Waals surface area (Å²) in [6.07, 6.45) is 2.20. The van der Waals surface area contributed by atoms with Crippen LogP contribution in [0.2, 0.25) is 0 Å². The Morgan fingerprint density at radius 2 is 1.92 bits per heavy atom. The van der Waals surface area contributed by atoms with E-state index in [-0.39, 0.29) is 19.8 Å². The average Bonchev–Trinajstić information content (AvgIpc) is 2.20. The second-order valence-corrected chi connectivity index (χ2v) is 3.01. The smallest absolute Gasteiger partial charge is 0.100 e. The first kappa shape index (κ1) is 12.6. The quantitative estimate of drug-likeness (QED) is 0.253. The molecule has 2 N–H and O–H groups in total. The maximum Gasteiger partial charge on any atom is 0.100 e. The molecular weight excluding hydrogens is 172 g/mol. The summed E-state index contributed by atoms with van der Waals surface area (Å²) in [5.74, 6) is 0. The Morgan fingerprint density at radius 3 is 2.31 bits per heavy atom. The summed E-state index contributed by atoms with van der Waals surface area (Å²) >= 11 is 0. The second kappa shape index (κ2) is 7.03. The minimum atomic E-state index is -0.596. The Bertz CT molecular complexity index is 123. The molecule has 0 bridgehead atoms. The van der Waals surface area contributed by atoms with E-state index in [1.54, 1.807) is 6.08 Å². The van der Waals surface area contributed by atoms with E-state index < -0.39 is 5.41 Å². The number of aliphatic hydroxyl groups excluding tert-OH is 2. The molecule has 0 fully saturated rings. The van der Waals surface area contributed by atoms with Crippen molar-refractivity contribution in [2.75, 3.05) is 26.4 Å². The molecule has 0 saturated heterocycles. The second-order valence-electron chi connectivity index (χ2n) is 3.01. The van der Waals surface area contributed by atoms with Crippen LogP contribution in [-0.2, 0) is 9.78 Å². The highest BCUT2D eigenvalue weighted by atomic mass is 17.2. The zero-order chi connectivity index (χ0) is 10.2. The summed E-state index contributed by atoms with van der Waals surface area (Å²) in [6.45, 7) is 5.59. The van der Waals surface area contributed by atoms with Gasteiger partial charge in [-0.25, -0.2) is 9.78 Å². The predicted octanol–water partition coefficient (Wildman–Crippen LogP) is 0.502. The molecule has 0 aliphatic rings. The monoisotopic (exact) mass is 190 g/mol. The third kappa shape index (κ3) is 4.38. The summed E-state index contributed by atoms with van der Waals surface area (Å²) in [7, 11) is 0. The van der Waals surface area contributed by atoms with Gasteiger partial charge in [-0.1, -0.05) is 13.0 Å². The van der Waals surface area contributed by atoms with Gasteiger partial charge in [-0.05, 0) is 6.42 Å². The molecule has 0 radical (unpaired) electrons. The molecular formula is C9H18O4. The summed E-state index contributed by atoms with van der Waals surface area (Å²) in [4.78, 5) is 9.52. The van der Waals surface area contributed by atoms with Crippen molar-refractivity contribution in [1.82, 2.24) is 0 Å². The highest BCUT2D eigenvalue weighted by Crippen LogP contribution is 2.20. The summed E-state index contributed by atoms with van der Waals surface area (Å²) in [6, 6.07) is 0. The van der Waals surface area contributed by atoms with Crippen LogP contribution in [0, 0.1) is 5.41 Å². The SMILES string of the molecule is C=CCOOCC(CC)(CO)CO. The number of aliphatic hydroxyl groups is 2. The molecule has 0 saturated carbocycles. The zero-order valence-corrected chi connectivity index (χ0v) is 8.03. The largest absolute Gasteiger partial charge is 0.396 e. The Hall–Kier alpha value is -0.420. The number of hydrogen-bond acceptors (Lipinski definition) is 4. The normalized spacial score (nSPS) is 11.6. The standard InChI is InChI=1S/C9H18O4/c1-3-5-12-13-8-9(4-2,6-10)7-11/h3,10-11H,1,4-8H2,2H3. The van der Waals surface area contributed by atoms with Gasteiger partial charge in [0, 0.05) is 5.41 Å². The zero-order valence-electron chi connectivity index (χ0n) is 8.03. The van der Waals surface area contributed by atoms with E-state index in [1.165, 1.54) is 0 Å². The van der Waals surface area contributed by atoms with Crippen molar-refractivity contribution in [3.63, 3.8) is 0 Å². The summed E-state index contributed by atoms with van der Waals surface area (Å²) < 4.78 is 0. The van der Waals surface area contributed by atoms with Gasteiger partial charge in [0.2, 0.25) is 0 Å². The molecule has 0 unspecified atom stereocenters. The van der Waals surface area contributed by atoms with Gasteiger partial charge in [0.15, 0.2) is 0 Å².